The Morgan fingerprint density at radius 1 is 1.38 bits per heavy atom. The SMILES string of the molecule is CC1CCc2sc(C(=O)N3CC(CO)CCC3C)cc2C1. The molecule has 1 aromatic rings. The number of aryl methyl sites for hydroxylation is 1. The maximum Gasteiger partial charge on any atom is 0.264 e. The smallest absolute Gasteiger partial charge is 0.264 e. The number of hydrogen-bond acceptors (Lipinski definition) is 3. The molecule has 3 atom stereocenters. The number of likely N-dealkylation sites (tertiary alicyclic amines) is 1. The highest BCUT2D eigenvalue weighted by Crippen LogP contribution is 2.34. The molecular weight excluding hydrogens is 282 g/mol. The molecule has 3 rings (SSSR count). The molecule has 3 unspecified atom stereocenters. The number of nitrogens with zero attached hydrogens (tertiary/aromatic N) is 1. The highest BCUT2D eigenvalue weighted by molar-refractivity contribution is 7.14. The molecule has 1 N–H and O–H groups in total. The quantitative estimate of drug-likeness (QED) is 0.912. The van der Waals surface area contributed by atoms with E-state index in [1.807, 2.05) is 4.90 Å². The lowest BCUT2D eigenvalue weighted by molar-refractivity contribution is 0.0493. The number of amides is 1. The highest BCUT2D eigenvalue weighted by Gasteiger charge is 2.31. The first kappa shape index (κ1) is 15.0. The Hall–Kier alpha value is -0.870. The molecule has 0 aromatic carbocycles. The fourth-order valence-electron chi connectivity index (χ4n) is 3.57. The Morgan fingerprint density at radius 2 is 2.19 bits per heavy atom. The minimum absolute atomic E-state index is 0.174. The second-order valence-electron chi connectivity index (χ2n) is 6.84. The van der Waals surface area contributed by atoms with Crippen LogP contribution in [0.1, 0.15) is 53.2 Å². The highest BCUT2D eigenvalue weighted by atomic mass is 32.1. The molecule has 0 saturated carbocycles. The van der Waals surface area contributed by atoms with Crippen molar-refractivity contribution in [1.82, 2.24) is 4.90 Å². The number of carbonyl (C=O) groups excluding carboxylic acids is 1. The average molecular weight is 307 g/mol. The predicted octanol–water partition coefficient (Wildman–Crippen LogP) is 3.11. The predicted molar refractivity (Wildman–Crippen MR) is 85.8 cm³/mol. The number of fused-ring (bicyclic) bond motifs is 1. The van der Waals surface area contributed by atoms with E-state index in [1.54, 1.807) is 11.3 Å². The number of rotatable bonds is 2. The van der Waals surface area contributed by atoms with Crippen LogP contribution in [0.5, 0.6) is 0 Å². The van der Waals surface area contributed by atoms with Crippen molar-refractivity contribution in [3.63, 3.8) is 0 Å². The normalized spacial score (nSPS) is 29.3. The van der Waals surface area contributed by atoms with Crippen LogP contribution >= 0.6 is 11.3 Å². The van der Waals surface area contributed by atoms with E-state index >= 15 is 0 Å². The molecule has 21 heavy (non-hydrogen) atoms. The summed E-state index contributed by atoms with van der Waals surface area (Å²) in [6, 6.07) is 2.42. The molecule has 1 aromatic heterocycles. The number of hydrogen-bond donors (Lipinski definition) is 1. The Kier molecular flexibility index (Phi) is 4.36. The minimum atomic E-state index is 0.174. The van der Waals surface area contributed by atoms with Crippen molar-refractivity contribution in [3.8, 4) is 0 Å². The van der Waals surface area contributed by atoms with Crippen LogP contribution in [0.15, 0.2) is 6.07 Å². The number of aliphatic hydroxyl groups is 1. The van der Waals surface area contributed by atoms with Gasteiger partial charge in [-0.15, -0.1) is 11.3 Å². The molecule has 1 fully saturated rings. The van der Waals surface area contributed by atoms with Gasteiger partial charge in [-0.25, -0.2) is 0 Å². The van der Waals surface area contributed by atoms with Gasteiger partial charge in [0, 0.05) is 24.1 Å². The van der Waals surface area contributed by atoms with Crippen molar-refractivity contribution in [3.05, 3.63) is 21.4 Å². The lowest BCUT2D eigenvalue weighted by atomic mass is 9.90. The van der Waals surface area contributed by atoms with E-state index in [1.165, 1.54) is 16.9 Å². The maximum absolute atomic E-state index is 12.8. The van der Waals surface area contributed by atoms with Gasteiger partial charge in [0.05, 0.1) is 4.88 Å². The molecule has 2 heterocycles. The molecule has 0 radical (unpaired) electrons. The van der Waals surface area contributed by atoms with Crippen LogP contribution in [0.3, 0.4) is 0 Å². The zero-order valence-corrected chi connectivity index (χ0v) is 13.8. The Balaban J connectivity index is 1.78. The number of carbonyl (C=O) groups is 1. The topological polar surface area (TPSA) is 40.5 Å². The first-order valence-electron chi connectivity index (χ1n) is 8.12. The van der Waals surface area contributed by atoms with Crippen LogP contribution in [0.4, 0.5) is 0 Å². The van der Waals surface area contributed by atoms with Crippen molar-refractivity contribution in [2.24, 2.45) is 11.8 Å². The summed E-state index contributed by atoms with van der Waals surface area (Å²) >= 11 is 1.70. The third-order valence-corrected chi connectivity index (χ3v) is 6.26. The van der Waals surface area contributed by atoms with E-state index < -0.39 is 0 Å². The Bertz CT molecular complexity index is 525. The third-order valence-electron chi connectivity index (χ3n) is 5.04. The summed E-state index contributed by atoms with van der Waals surface area (Å²) in [7, 11) is 0. The van der Waals surface area contributed by atoms with E-state index in [2.05, 4.69) is 19.9 Å². The van der Waals surface area contributed by atoms with Gasteiger partial charge in [0.25, 0.3) is 5.91 Å². The summed E-state index contributed by atoms with van der Waals surface area (Å²) < 4.78 is 0. The Morgan fingerprint density at radius 3 is 2.95 bits per heavy atom. The van der Waals surface area contributed by atoms with Crippen LogP contribution in [0.2, 0.25) is 0 Å². The first-order chi connectivity index (χ1) is 10.1. The van der Waals surface area contributed by atoms with Crippen LogP contribution in [-0.4, -0.2) is 35.1 Å². The van der Waals surface area contributed by atoms with Crippen molar-refractivity contribution in [1.29, 1.82) is 0 Å². The summed E-state index contributed by atoms with van der Waals surface area (Å²) in [6.07, 6.45) is 5.52. The molecule has 1 aliphatic carbocycles. The summed E-state index contributed by atoms with van der Waals surface area (Å²) in [5.41, 5.74) is 1.39. The molecule has 3 nitrogen and oxygen atoms in total. The van der Waals surface area contributed by atoms with Crippen LogP contribution < -0.4 is 0 Å². The van der Waals surface area contributed by atoms with Crippen LogP contribution in [-0.2, 0) is 12.8 Å². The summed E-state index contributed by atoms with van der Waals surface area (Å²) in [5.74, 6) is 1.16. The van der Waals surface area contributed by atoms with E-state index in [9.17, 15) is 9.90 Å². The molecular formula is C17H25NO2S. The van der Waals surface area contributed by atoms with Crippen molar-refractivity contribution in [2.45, 2.75) is 52.0 Å². The van der Waals surface area contributed by atoms with Crippen LogP contribution in [0.25, 0.3) is 0 Å². The lowest BCUT2D eigenvalue weighted by Gasteiger charge is -2.37. The van der Waals surface area contributed by atoms with Gasteiger partial charge < -0.3 is 10.0 Å². The number of thiophene rings is 1. The molecule has 4 heteroatoms. The number of aliphatic hydroxyl groups excluding tert-OH is 1. The molecule has 1 saturated heterocycles. The fourth-order valence-corrected chi connectivity index (χ4v) is 4.73. The van der Waals surface area contributed by atoms with Crippen molar-refractivity contribution in [2.75, 3.05) is 13.2 Å². The first-order valence-corrected chi connectivity index (χ1v) is 8.93. The molecule has 1 aliphatic heterocycles. The largest absolute Gasteiger partial charge is 0.396 e. The molecule has 2 aliphatic rings. The van der Waals surface area contributed by atoms with Gasteiger partial charge >= 0.3 is 0 Å². The summed E-state index contributed by atoms with van der Waals surface area (Å²) in [6.45, 7) is 5.31. The third kappa shape index (κ3) is 3.02. The van der Waals surface area contributed by atoms with Crippen molar-refractivity contribution < 1.29 is 9.90 Å². The van der Waals surface area contributed by atoms with Gasteiger partial charge in [0.2, 0.25) is 0 Å². The van der Waals surface area contributed by atoms with E-state index in [0.29, 0.717) is 12.6 Å². The van der Waals surface area contributed by atoms with Gasteiger partial charge in [0.15, 0.2) is 0 Å². The Labute approximate surface area is 131 Å². The van der Waals surface area contributed by atoms with Gasteiger partial charge in [-0.05, 0) is 62.5 Å². The van der Waals surface area contributed by atoms with Crippen molar-refractivity contribution >= 4 is 17.2 Å². The van der Waals surface area contributed by atoms with E-state index in [4.69, 9.17) is 0 Å². The second kappa shape index (κ2) is 6.09. The summed E-state index contributed by atoms with van der Waals surface area (Å²) in [5, 5.41) is 9.37. The van der Waals surface area contributed by atoms with Gasteiger partial charge in [0.1, 0.15) is 0 Å². The fraction of sp³-hybridized carbons (Fsp3) is 0.706. The number of piperidine rings is 1. The monoisotopic (exact) mass is 307 g/mol. The maximum atomic E-state index is 12.8. The van der Waals surface area contributed by atoms with Gasteiger partial charge in [-0.1, -0.05) is 6.92 Å². The van der Waals surface area contributed by atoms with E-state index in [-0.39, 0.29) is 18.4 Å². The summed E-state index contributed by atoms with van der Waals surface area (Å²) in [4.78, 5) is 17.1. The molecule has 0 spiro atoms. The molecule has 1 amide bonds. The molecule has 0 bridgehead atoms. The minimum Gasteiger partial charge on any atom is -0.396 e. The average Bonchev–Trinajstić information content (AvgIpc) is 2.90. The van der Waals surface area contributed by atoms with Crippen LogP contribution in [0, 0.1) is 11.8 Å². The lowest BCUT2D eigenvalue weighted by Crippen LogP contribution is -2.46. The molecule has 116 valence electrons. The second-order valence-corrected chi connectivity index (χ2v) is 7.98. The van der Waals surface area contributed by atoms with E-state index in [0.717, 1.165) is 36.5 Å². The standard InChI is InChI=1S/C17H25NO2S/c1-11-3-6-15-14(7-11)8-16(21-15)17(20)18-9-13(10-19)5-4-12(18)2/h8,11-13,19H,3-7,9-10H2,1-2H3. The zero-order chi connectivity index (χ0) is 15.0. The van der Waals surface area contributed by atoms with Gasteiger partial charge in [-0.2, -0.15) is 0 Å². The zero-order valence-electron chi connectivity index (χ0n) is 13.0. The van der Waals surface area contributed by atoms with Gasteiger partial charge in [-0.3, -0.25) is 4.79 Å².